The predicted molar refractivity (Wildman–Crippen MR) is 94.9 cm³/mol. The number of benzene rings is 1. The minimum Gasteiger partial charge on any atom is -0.497 e. The molecule has 2 heterocycles. The molecule has 0 bridgehead atoms. The van der Waals surface area contributed by atoms with Crippen LogP contribution in [-0.4, -0.2) is 66.3 Å². The van der Waals surface area contributed by atoms with Crippen LogP contribution in [0.3, 0.4) is 0 Å². The van der Waals surface area contributed by atoms with E-state index in [9.17, 15) is 4.79 Å². The van der Waals surface area contributed by atoms with Crippen LogP contribution in [0.1, 0.15) is 5.56 Å². The summed E-state index contributed by atoms with van der Waals surface area (Å²) in [6.45, 7) is 3.63. The first kappa shape index (κ1) is 16.9. The average molecular weight is 342 g/mol. The zero-order chi connectivity index (χ0) is 17.5. The lowest BCUT2D eigenvalue weighted by Gasteiger charge is -2.33. The minimum absolute atomic E-state index is 0.517. The van der Waals surface area contributed by atoms with E-state index in [1.165, 1.54) is 5.56 Å². The Morgan fingerprint density at radius 2 is 1.96 bits per heavy atom. The van der Waals surface area contributed by atoms with Crippen LogP contribution in [0, 0.1) is 0 Å². The fraction of sp³-hybridized carbons (Fsp3) is 0.412. The maximum absolute atomic E-state index is 10.8. The first-order valence-electron chi connectivity index (χ1n) is 8.29. The molecule has 132 valence electrons. The van der Waals surface area contributed by atoms with Crippen LogP contribution in [0.25, 0.3) is 0 Å². The maximum Gasteiger partial charge on any atom is 0.244 e. The van der Waals surface area contributed by atoms with Crippen molar-refractivity contribution in [3.8, 4) is 5.75 Å². The highest BCUT2D eigenvalue weighted by atomic mass is 16.5. The summed E-state index contributed by atoms with van der Waals surface area (Å²) in [5.41, 5.74) is 1.21. The van der Waals surface area contributed by atoms with E-state index in [1.807, 2.05) is 24.3 Å². The van der Waals surface area contributed by atoms with Crippen molar-refractivity contribution < 1.29 is 9.53 Å². The molecule has 3 rings (SSSR count). The number of piperazine rings is 1. The number of rotatable bonds is 7. The quantitative estimate of drug-likeness (QED) is 0.746. The molecule has 0 spiro atoms. The molecule has 1 N–H and O–H groups in total. The molecule has 0 aliphatic carbocycles. The number of hydrogen-bond donors (Lipinski definition) is 1. The van der Waals surface area contributed by atoms with Crippen molar-refractivity contribution in [3.05, 3.63) is 36.0 Å². The van der Waals surface area contributed by atoms with E-state index in [1.54, 1.807) is 18.2 Å². The molecule has 1 aliphatic rings. The molecule has 8 heteroatoms. The maximum atomic E-state index is 10.8. The van der Waals surface area contributed by atoms with Crippen LogP contribution in [0.5, 0.6) is 5.75 Å². The van der Waals surface area contributed by atoms with Crippen LogP contribution >= 0.6 is 0 Å². The van der Waals surface area contributed by atoms with Crippen LogP contribution in [0.15, 0.2) is 30.5 Å². The second-order valence-electron chi connectivity index (χ2n) is 5.79. The third-order valence-corrected chi connectivity index (χ3v) is 4.19. The van der Waals surface area contributed by atoms with E-state index in [0.717, 1.165) is 44.0 Å². The number of hydrogen-bond acceptors (Lipinski definition) is 7. The minimum atomic E-state index is 0.517. The lowest BCUT2D eigenvalue weighted by molar-refractivity contribution is -0.118. The molecule has 1 fully saturated rings. The number of aromatic nitrogens is 3. The lowest BCUT2D eigenvalue weighted by Crippen LogP contribution is -2.46. The Labute approximate surface area is 146 Å². The normalized spacial score (nSPS) is 14.3. The molecule has 0 unspecified atom stereocenters. The zero-order valence-corrected chi connectivity index (χ0v) is 14.3. The predicted octanol–water partition coefficient (Wildman–Crippen LogP) is 0.813. The molecule has 2 aromatic rings. The van der Waals surface area contributed by atoms with Crippen molar-refractivity contribution in [3.63, 3.8) is 0 Å². The Kier molecular flexibility index (Phi) is 5.61. The third-order valence-electron chi connectivity index (χ3n) is 4.19. The second-order valence-corrected chi connectivity index (χ2v) is 5.79. The topological polar surface area (TPSA) is 83.5 Å². The van der Waals surface area contributed by atoms with Gasteiger partial charge >= 0.3 is 0 Å². The molecule has 0 saturated carbocycles. The summed E-state index contributed by atoms with van der Waals surface area (Å²) in [5, 5.41) is 11.3. The molecular weight excluding hydrogens is 320 g/mol. The third kappa shape index (κ3) is 4.56. The van der Waals surface area contributed by atoms with Crippen molar-refractivity contribution >= 4 is 18.2 Å². The van der Waals surface area contributed by atoms with Gasteiger partial charge in [0.1, 0.15) is 5.75 Å². The van der Waals surface area contributed by atoms with Crippen LogP contribution in [0.4, 0.5) is 11.8 Å². The van der Waals surface area contributed by atoms with E-state index < -0.39 is 0 Å². The first-order valence-corrected chi connectivity index (χ1v) is 8.29. The first-order chi connectivity index (χ1) is 12.3. The smallest absolute Gasteiger partial charge is 0.244 e. The summed E-state index contributed by atoms with van der Waals surface area (Å²) in [6.07, 6.45) is 3.41. The number of anilines is 2. The summed E-state index contributed by atoms with van der Waals surface area (Å²) in [5.74, 6) is 2.16. The highest BCUT2D eigenvalue weighted by Gasteiger charge is 2.17. The monoisotopic (exact) mass is 342 g/mol. The summed E-state index contributed by atoms with van der Waals surface area (Å²) < 4.78 is 5.16. The van der Waals surface area contributed by atoms with Gasteiger partial charge in [-0.25, -0.2) is 0 Å². The van der Waals surface area contributed by atoms with Gasteiger partial charge in [-0.2, -0.15) is 10.1 Å². The Hall–Kier alpha value is -2.90. The van der Waals surface area contributed by atoms with Gasteiger partial charge in [-0.3, -0.25) is 4.79 Å². The fourth-order valence-electron chi connectivity index (χ4n) is 2.69. The Bertz CT molecular complexity index is 686. The van der Waals surface area contributed by atoms with Gasteiger partial charge in [0, 0.05) is 32.7 Å². The molecule has 1 saturated heterocycles. The highest BCUT2D eigenvalue weighted by Crippen LogP contribution is 2.14. The van der Waals surface area contributed by atoms with E-state index >= 15 is 0 Å². The molecule has 25 heavy (non-hydrogen) atoms. The van der Waals surface area contributed by atoms with Gasteiger partial charge in [0.15, 0.2) is 5.82 Å². The van der Waals surface area contributed by atoms with Crippen LogP contribution in [-0.2, 0) is 11.2 Å². The summed E-state index contributed by atoms with van der Waals surface area (Å²) >= 11 is 0. The molecule has 1 aromatic carbocycles. The van der Waals surface area contributed by atoms with Gasteiger partial charge in [0.05, 0.1) is 13.3 Å². The van der Waals surface area contributed by atoms with Gasteiger partial charge in [-0.05, 0) is 24.1 Å². The number of ether oxygens (including phenoxy) is 1. The molecule has 0 atom stereocenters. The standard InChI is InChI=1S/C17H22N6O2/c1-25-15-4-2-14(3-5-15)6-7-18-17-20-16(12-19-21-17)23-10-8-22(13-24)9-11-23/h2-5,12-13H,6-11H2,1H3,(H,18,20,21). The van der Waals surface area contributed by atoms with E-state index in [0.29, 0.717) is 19.0 Å². The van der Waals surface area contributed by atoms with E-state index in [-0.39, 0.29) is 0 Å². The van der Waals surface area contributed by atoms with Gasteiger partial charge in [-0.15, -0.1) is 5.10 Å². The van der Waals surface area contributed by atoms with E-state index in [2.05, 4.69) is 25.4 Å². The number of amides is 1. The number of methoxy groups -OCH3 is 1. The average Bonchev–Trinajstić information content (AvgIpc) is 2.69. The van der Waals surface area contributed by atoms with E-state index in [4.69, 9.17) is 4.74 Å². The lowest BCUT2D eigenvalue weighted by atomic mass is 10.1. The Morgan fingerprint density at radius 3 is 2.64 bits per heavy atom. The fourth-order valence-corrected chi connectivity index (χ4v) is 2.69. The van der Waals surface area contributed by atoms with Crippen molar-refractivity contribution in [1.82, 2.24) is 20.1 Å². The van der Waals surface area contributed by atoms with Crippen LogP contribution in [0.2, 0.25) is 0 Å². The molecule has 8 nitrogen and oxygen atoms in total. The Morgan fingerprint density at radius 1 is 1.20 bits per heavy atom. The van der Waals surface area contributed by atoms with Crippen LogP contribution < -0.4 is 15.0 Å². The molecular formula is C17H22N6O2. The van der Waals surface area contributed by atoms with Crippen molar-refractivity contribution in [2.24, 2.45) is 0 Å². The van der Waals surface area contributed by atoms with Crippen molar-refractivity contribution in [2.45, 2.75) is 6.42 Å². The molecule has 1 amide bonds. The summed E-state index contributed by atoms with van der Waals surface area (Å²) in [4.78, 5) is 19.2. The number of nitrogens with zero attached hydrogens (tertiary/aromatic N) is 5. The highest BCUT2D eigenvalue weighted by molar-refractivity contribution is 5.49. The molecule has 1 aliphatic heterocycles. The largest absolute Gasteiger partial charge is 0.497 e. The Balaban J connectivity index is 1.52. The zero-order valence-electron chi connectivity index (χ0n) is 14.3. The van der Waals surface area contributed by atoms with Gasteiger partial charge in [0.25, 0.3) is 0 Å². The van der Waals surface area contributed by atoms with Gasteiger partial charge < -0.3 is 19.9 Å². The number of nitrogens with one attached hydrogen (secondary N) is 1. The van der Waals surface area contributed by atoms with Crippen molar-refractivity contribution in [1.29, 1.82) is 0 Å². The van der Waals surface area contributed by atoms with Gasteiger partial charge in [-0.1, -0.05) is 12.1 Å². The summed E-state index contributed by atoms with van der Waals surface area (Å²) in [6, 6.07) is 7.99. The molecule has 0 radical (unpaired) electrons. The number of carbonyl (C=O) groups is 1. The SMILES string of the molecule is COc1ccc(CCNc2nncc(N3CCN(C=O)CC3)n2)cc1. The van der Waals surface area contributed by atoms with Crippen molar-refractivity contribution in [2.75, 3.05) is 50.1 Å². The summed E-state index contributed by atoms with van der Waals surface area (Å²) in [7, 11) is 1.66. The molecule has 1 aromatic heterocycles. The number of carbonyl (C=O) groups excluding carboxylic acids is 1. The second kappa shape index (κ2) is 8.27. The van der Waals surface area contributed by atoms with Gasteiger partial charge in [0.2, 0.25) is 12.4 Å².